The van der Waals surface area contributed by atoms with Gasteiger partial charge in [-0.3, -0.25) is 4.79 Å². The van der Waals surface area contributed by atoms with Crippen LogP contribution < -0.4 is 10.1 Å². The zero-order chi connectivity index (χ0) is 23.3. The lowest BCUT2D eigenvalue weighted by molar-refractivity contribution is 0.0972. The summed E-state index contributed by atoms with van der Waals surface area (Å²) in [5.41, 5.74) is 4.66. The van der Waals surface area contributed by atoms with Gasteiger partial charge < -0.3 is 14.6 Å². The van der Waals surface area contributed by atoms with Crippen LogP contribution in [0, 0.1) is 5.82 Å². The summed E-state index contributed by atoms with van der Waals surface area (Å²) in [5.74, 6) is 0.647. The van der Waals surface area contributed by atoms with E-state index in [-0.39, 0.29) is 17.7 Å². The molecule has 1 aromatic heterocycles. The van der Waals surface area contributed by atoms with E-state index >= 15 is 0 Å². The van der Waals surface area contributed by atoms with E-state index in [0.29, 0.717) is 19.5 Å². The van der Waals surface area contributed by atoms with Crippen molar-refractivity contribution in [3.63, 3.8) is 0 Å². The van der Waals surface area contributed by atoms with E-state index in [9.17, 15) is 9.18 Å². The van der Waals surface area contributed by atoms with Crippen molar-refractivity contribution in [2.45, 2.75) is 38.5 Å². The van der Waals surface area contributed by atoms with E-state index in [4.69, 9.17) is 4.74 Å². The zero-order valence-electron chi connectivity index (χ0n) is 18.8. The fourth-order valence-electron chi connectivity index (χ4n) is 4.46. The number of halogens is 1. The number of imidazole rings is 1. The quantitative estimate of drug-likeness (QED) is 0.355. The first-order valence-corrected chi connectivity index (χ1v) is 11.5. The number of rotatable bonds is 8. The molecule has 0 unspecified atom stereocenters. The minimum Gasteiger partial charge on any atom is -0.483 e. The van der Waals surface area contributed by atoms with Gasteiger partial charge in [-0.2, -0.15) is 0 Å². The third-order valence-corrected chi connectivity index (χ3v) is 6.21. The largest absolute Gasteiger partial charge is 0.483 e. The van der Waals surface area contributed by atoms with Gasteiger partial charge >= 0.3 is 0 Å². The molecular weight excluding hydrogens is 429 g/mol. The first-order chi connectivity index (χ1) is 16.7. The molecule has 0 aliphatic heterocycles. The monoisotopic (exact) mass is 455 g/mol. The predicted molar refractivity (Wildman–Crippen MR) is 129 cm³/mol. The highest BCUT2D eigenvalue weighted by molar-refractivity contribution is 5.99. The number of nitrogens with zero attached hydrogens (tertiary/aromatic N) is 2. The van der Waals surface area contributed by atoms with Crippen LogP contribution in [0.4, 0.5) is 10.1 Å². The molecule has 6 heteroatoms. The molecule has 0 amide bonds. The summed E-state index contributed by atoms with van der Waals surface area (Å²) in [7, 11) is 0. The summed E-state index contributed by atoms with van der Waals surface area (Å²) in [6.07, 6.45) is 7.45. The van der Waals surface area contributed by atoms with E-state index in [1.165, 1.54) is 12.1 Å². The summed E-state index contributed by atoms with van der Waals surface area (Å²) in [6.45, 7) is 1.08. The molecule has 0 saturated heterocycles. The Kier molecular flexibility index (Phi) is 6.38. The Labute approximate surface area is 198 Å². The second kappa shape index (κ2) is 9.91. The van der Waals surface area contributed by atoms with Crippen LogP contribution >= 0.6 is 0 Å². The minimum absolute atomic E-state index is 0.175. The number of anilines is 1. The maximum atomic E-state index is 13.4. The molecule has 1 aliphatic carbocycles. The molecule has 34 heavy (non-hydrogen) atoms. The maximum absolute atomic E-state index is 13.4. The topological polar surface area (TPSA) is 56.2 Å². The number of Topliss-reactive ketones (excluding diaryl/α,β-unsaturated/α-hetero) is 1. The molecule has 1 heterocycles. The van der Waals surface area contributed by atoms with Crippen molar-refractivity contribution in [3.05, 3.63) is 114 Å². The summed E-state index contributed by atoms with van der Waals surface area (Å²) in [6, 6.07) is 20.2. The maximum Gasteiger partial charge on any atom is 0.163 e. The van der Waals surface area contributed by atoms with E-state index in [1.54, 1.807) is 24.7 Å². The Hall–Kier alpha value is -3.93. The van der Waals surface area contributed by atoms with Crippen LogP contribution in [0.5, 0.6) is 5.75 Å². The molecule has 0 spiro atoms. The highest BCUT2D eigenvalue weighted by Gasteiger charge is 2.24. The van der Waals surface area contributed by atoms with Gasteiger partial charge in [0.25, 0.3) is 0 Å². The molecule has 0 saturated carbocycles. The predicted octanol–water partition coefficient (Wildman–Crippen LogP) is 5.97. The lowest BCUT2D eigenvalue weighted by Gasteiger charge is -2.26. The van der Waals surface area contributed by atoms with Crippen LogP contribution in [-0.2, 0) is 19.5 Å². The molecule has 1 aliphatic rings. The lowest BCUT2D eigenvalue weighted by atomic mass is 9.86. The molecule has 172 valence electrons. The van der Waals surface area contributed by atoms with Crippen molar-refractivity contribution in [1.82, 2.24) is 9.55 Å². The fourth-order valence-corrected chi connectivity index (χ4v) is 4.46. The van der Waals surface area contributed by atoms with Gasteiger partial charge in [0, 0.05) is 42.2 Å². The van der Waals surface area contributed by atoms with Crippen LogP contribution in [0.2, 0.25) is 0 Å². The number of hydrogen-bond acceptors (Lipinski definition) is 4. The van der Waals surface area contributed by atoms with Gasteiger partial charge in [0.15, 0.2) is 5.78 Å². The lowest BCUT2D eigenvalue weighted by Crippen LogP contribution is -2.19. The van der Waals surface area contributed by atoms with Crippen molar-refractivity contribution < 1.29 is 13.9 Å². The van der Waals surface area contributed by atoms with Gasteiger partial charge in [0.05, 0.1) is 12.9 Å². The van der Waals surface area contributed by atoms with Crippen LogP contribution in [0.15, 0.2) is 85.5 Å². The first kappa shape index (κ1) is 21.9. The summed E-state index contributed by atoms with van der Waals surface area (Å²) in [4.78, 5) is 16.8. The number of ketones is 1. The molecule has 1 N–H and O–H groups in total. The number of ether oxygens (including phenoxy) is 1. The van der Waals surface area contributed by atoms with Crippen LogP contribution in [0.3, 0.4) is 0 Å². The number of nitrogens with one attached hydrogen (secondary N) is 1. The smallest absolute Gasteiger partial charge is 0.163 e. The fraction of sp³-hybridized carbons (Fsp3) is 0.214. The van der Waals surface area contributed by atoms with E-state index in [2.05, 4.69) is 22.4 Å². The number of carbonyl (C=O) groups excluding carboxylic acids is 1. The zero-order valence-corrected chi connectivity index (χ0v) is 18.8. The third kappa shape index (κ3) is 4.86. The number of hydrogen-bond donors (Lipinski definition) is 1. The Morgan fingerprint density at radius 1 is 1.03 bits per heavy atom. The van der Waals surface area contributed by atoms with Crippen molar-refractivity contribution in [2.24, 2.45) is 0 Å². The number of carbonyl (C=O) groups is 1. The van der Waals surface area contributed by atoms with Gasteiger partial charge in [0.2, 0.25) is 0 Å². The highest BCUT2D eigenvalue weighted by Crippen LogP contribution is 2.35. The summed E-state index contributed by atoms with van der Waals surface area (Å²) in [5, 5.41) is 3.38. The van der Waals surface area contributed by atoms with Gasteiger partial charge in [-0.1, -0.05) is 30.3 Å². The van der Waals surface area contributed by atoms with Gasteiger partial charge in [-0.25, -0.2) is 9.37 Å². The van der Waals surface area contributed by atoms with Crippen molar-refractivity contribution in [2.75, 3.05) is 5.32 Å². The van der Waals surface area contributed by atoms with Crippen LogP contribution in [-0.4, -0.2) is 15.3 Å². The van der Waals surface area contributed by atoms with Crippen molar-refractivity contribution >= 4 is 11.5 Å². The Bertz CT molecular complexity index is 1260. The van der Waals surface area contributed by atoms with Crippen LogP contribution in [0.25, 0.3) is 0 Å². The molecule has 4 aromatic rings. The first-order valence-electron chi connectivity index (χ1n) is 11.5. The minimum atomic E-state index is -0.275. The molecule has 5 rings (SSSR count). The molecule has 1 atom stereocenters. The van der Waals surface area contributed by atoms with Crippen molar-refractivity contribution in [1.29, 1.82) is 0 Å². The average molecular weight is 456 g/mol. The molecule has 5 nitrogen and oxygen atoms in total. The van der Waals surface area contributed by atoms with E-state index in [0.717, 1.165) is 46.5 Å². The van der Waals surface area contributed by atoms with Gasteiger partial charge in [-0.15, -0.1) is 0 Å². The summed E-state index contributed by atoms with van der Waals surface area (Å²) < 4.78 is 22.0. The van der Waals surface area contributed by atoms with Crippen LogP contribution in [0.1, 0.15) is 46.0 Å². The molecule has 0 bridgehead atoms. The highest BCUT2D eigenvalue weighted by atomic mass is 19.1. The molecule has 3 aromatic carbocycles. The average Bonchev–Trinajstić information content (AvgIpc) is 3.38. The van der Waals surface area contributed by atoms with E-state index in [1.807, 2.05) is 41.1 Å². The third-order valence-electron chi connectivity index (χ3n) is 6.21. The van der Waals surface area contributed by atoms with Gasteiger partial charge in [0.1, 0.15) is 17.7 Å². The number of aromatic nitrogens is 2. The Morgan fingerprint density at radius 3 is 2.62 bits per heavy atom. The SMILES string of the molecule is O=C1CCCc2c1ccc(O[C@H](Cn1ccnc1)c1ccccc1)c2CNc1ccc(F)cc1. The normalized spacial score (nSPS) is 13.9. The second-order valence-corrected chi connectivity index (χ2v) is 8.48. The summed E-state index contributed by atoms with van der Waals surface area (Å²) >= 11 is 0. The Morgan fingerprint density at radius 2 is 1.85 bits per heavy atom. The van der Waals surface area contributed by atoms with Gasteiger partial charge in [-0.05, 0) is 60.4 Å². The Balaban J connectivity index is 1.49. The molecule has 0 fully saturated rings. The standard InChI is InChI=1S/C28H26FN3O2/c29-21-9-11-22(12-10-21)31-17-25-23-7-4-8-26(33)24(23)13-14-27(25)34-28(18-32-16-15-30-19-32)20-5-2-1-3-6-20/h1-3,5-6,9-16,19,28,31H,4,7-8,17-18H2/t28-/m1/s1. The van der Waals surface area contributed by atoms with Crippen molar-refractivity contribution in [3.8, 4) is 5.75 Å². The number of benzene rings is 3. The number of fused-ring (bicyclic) bond motifs is 1. The van der Waals surface area contributed by atoms with E-state index < -0.39 is 0 Å². The second-order valence-electron chi connectivity index (χ2n) is 8.48. The molecular formula is C28H26FN3O2. The molecule has 0 radical (unpaired) electrons.